The summed E-state index contributed by atoms with van der Waals surface area (Å²) in [5.74, 6) is 3.55. The number of rotatable bonds is 0. The molecule has 4 bridgehead atoms. The number of halogens is 1. The van der Waals surface area contributed by atoms with E-state index in [1.807, 2.05) is 0 Å². The fraction of sp³-hybridized carbons (Fsp3) is 0.385. The summed E-state index contributed by atoms with van der Waals surface area (Å²) in [5, 5.41) is 3.65. The molecule has 1 spiro atoms. The minimum Gasteiger partial charge on any atom is -0.0843 e. The first kappa shape index (κ1) is 15.2. The van der Waals surface area contributed by atoms with Crippen LogP contribution in [0.3, 0.4) is 0 Å². The second-order valence-corrected chi connectivity index (χ2v) is 10.0. The first-order valence-electron chi connectivity index (χ1n) is 10.6. The second-order valence-electron chi connectivity index (χ2n) is 9.61. The molecule has 0 N–H and O–H groups in total. The van der Waals surface area contributed by atoms with E-state index in [-0.39, 0.29) is 5.41 Å². The van der Waals surface area contributed by atoms with Gasteiger partial charge in [0.1, 0.15) is 0 Å². The number of benzene rings is 3. The molecule has 0 unspecified atom stereocenters. The molecular formula is C26H23Cl. The van der Waals surface area contributed by atoms with E-state index in [2.05, 4.69) is 54.6 Å². The van der Waals surface area contributed by atoms with Crippen molar-refractivity contribution in [3.05, 3.63) is 70.7 Å². The van der Waals surface area contributed by atoms with Crippen molar-refractivity contribution in [3.63, 3.8) is 0 Å². The Morgan fingerprint density at radius 2 is 1.30 bits per heavy atom. The largest absolute Gasteiger partial charge is 0.0843 e. The summed E-state index contributed by atoms with van der Waals surface area (Å²) in [6.45, 7) is 0. The summed E-state index contributed by atoms with van der Waals surface area (Å²) in [7, 11) is 0. The molecule has 0 atom stereocenters. The minimum absolute atomic E-state index is 0.215. The van der Waals surface area contributed by atoms with E-state index in [1.54, 1.807) is 11.1 Å². The van der Waals surface area contributed by atoms with Gasteiger partial charge in [-0.25, -0.2) is 0 Å². The van der Waals surface area contributed by atoms with Gasteiger partial charge in [0.05, 0.1) is 0 Å². The third-order valence-corrected chi connectivity index (χ3v) is 8.71. The first-order chi connectivity index (χ1) is 13.2. The van der Waals surface area contributed by atoms with E-state index in [9.17, 15) is 0 Å². The van der Waals surface area contributed by atoms with Gasteiger partial charge in [0.25, 0.3) is 0 Å². The highest BCUT2D eigenvalue weighted by Gasteiger charge is 2.61. The molecule has 0 amide bonds. The van der Waals surface area contributed by atoms with Crippen LogP contribution >= 0.6 is 11.6 Å². The predicted molar refractivity (Wildman–Crippen MR) is 112 cm³/mol. The zero-order valence-electron chi connectivity index (χ0n) is 15.4. The maximum Gasteiger partial charge on any atom is 0.0409 e. The molecule has 134 valence electrons. The maximum absolute atomic E-state index is 6.57. The third kappa shape index (κ3) is 1.77. The van der Waals surface area contributed by atoms with E-state index in [1.165, 1.54) is 54.0 Å². The Morgan fingerprint density at radius 1 is 0.667 bits per heavy atom. The van der Waals surface area contributed by atoms with Gasteiger partial charge in [0.15, 0.2) is 0 Å². The predicted octanol–water partition coefficient (Wildman–Crippen LogP) is 7.22. The molecule has 0 aliphatic heterocycles. The monoisotopic (exact) mass is 370 g/mol. The van der Waals surface area contributed by atoms with Crippen molar-refractivity contribution in [2.75, 3.05) is 0 Å². The maximum atomic E-state index is 6.57. The minimum atomic E-state index is 0.215. The van der Waals surface area contributed by atoms with Crippen LogP contribution in [0.15, 0.2) is 54.6 Å². The van der Waals surface area contributed by atoms with Crippen molar-refractivity contribution in [2.24, 2.45) is 23.7 Å². The molecule has 0 nitrogen and oxygen atoms in total. The Hall–Kier alpha value is -1.79. The van der Waals surface area contributed by atoms with Gasteiger partial charge in [-0.15, -0.1) is 0 Å². The van der Waals surface area contributed by atoms with Crippen LogP contribution in [-0.4, -0.2) is 0 Å². The molecule has 27 heavy (non-hydrogen) atoms. The lowest BCUT2D eigenvalue weighted by atomic mass is 9.43. The topological polar surface area (TPSA) is 0 Å². The Bertz CT molecular complexity index is 1080. The number of hydrogen-bond donors (Lipinski definition) is 0. The van der Waals surface area contributed by atoms with Gasteiger partial charge in [-0.2, -0.15) is 0 Å². The van der Waals surface area contributed by atoms with E-state index >= 15 is 0 Å². The van der Waals surface area contributed by atoms with Crippen LogP contribution in [0.5, 0.6) is 0 Å². The van der Waals surface area contributed by atoms with Crippen molar-refractivity contribution < 1.29 is 0 Å². The van der Waals surface area contributed by atoms with Crippen molar-refractivity contribution in [1.82, 2.24) is 0 Å². The fourth-order valence-electron chi connectivity index (χ4n) is 7.85. The average molecular weight is 371 g/mol. The molecule has 5 aliphatic carbocycles. The van der Waals surface area contributed by atoms with Crippen LogP contribution in [0.4, 0.5) is 0 Å². The van der Waals surface area contributed by atoms with E-state index in [0.717, 1.165) is 28.7 Å². The molecule has 0 saturated heterocycles. The van der Waals surface area contributed by atoms with Gasteiger partial charge in [-0.05, 0) is 113 Å². The Kier molecular flexibility index (Phi) is 2.79. The van der Waals surface area contributed by atoms with Crippen LogP contribution in [0.25, 0.3) is 21.9 Å². The van der Waals surface area contributed by atoms with Gasteiger partial charge in [-0.3, -0.25) is 0 Å². The smallest absolute Gasteiger partial charge is 0.0409 e. The zero-order chi connectivity index (χ0) is 17.8. The summed E-state index contributed by atoms with van der Waals surface area (Å²) in [6.07, 6.45) is 7.18. The average Bonchev–Trinajstić information content (AvgIpc) is 2.93. The van der Waals surface area contributed by atoms with Crippen molar-refractivity contribution in [1.29, 1.82) is 0 Å². The molecule has 3 aromatic rings. The number of fused-ring (bicyclic) bond motifs is 4. The van der Waals surface area contributed by atoms with Gasteiger partial charge >= 0.3 is 0 Å². The summed E-state index contributed by atoms with van der Waals surface area (Å²) < 4.78 is 0. The van der Waals surface area contributed by atoms with Gasteiger partial charge in [0.2, 0.25) is 0 Å². The van der Waals surface area contributed by atoms with Gasteiger partial charge in [0, 0.05) is 10.4 Å². The van der Waals surface area contributed by atoms with E-state index in [0.29, 0.717) is 0 Å². The van der Waals surface area contributed by atoms with Crippen LogP contribution in [0.1, 0.15) is 43.2 Å². The van der Waals surface area contributed by atoms with Crippen LogP contribution in [-0.2, 0) is 5.41 Å². The van der Waals surface area contributed by atoms with Crippen LogP contribution in [0, 0.1) is 23.7 Å². The lowest BCUT2D eigenvalue weighted by Gasteiger charge is -2.61. The number of hydrogen-bond acceptors (Lipinski definition) is 0. The third-order valence-electron chi connectivity index (χ3n) is 8.47. The van der Waals surface area contributed by atoms with Crippen molar-refractivity contribution in [2.45, 2.75) is 37.5 Å². The zero-order valence-corrected chi connectivity index (χ0v) is 16.2. The quantitative estimate of drug-likeness (QED) is 0.392. The molecule has 4 saturated carbocycles. The molecule has 3 aromatic carbocycles. The van der Waals surface area contributed by atoms with Crippen LogP contribution in [0.2, 0.25) is 5.02 Å². The summed E-state index contributed by atoms with van der Waals surface area (Å²) in [4.78, 5) is 0. The van der Waals surface area contributed by atoms with Gasteiger partial charge < -0.3 is 0 Å². The Labute approximate surface area is 165 Å². The van der Waals surface area contributed by atoms with Crippen molar-refractivity contribution >= 4 is 22.4 Å². The molecule has 4 fully saturated rings. The second kappa shape index (κ2) is 4.97. The van der Waals surface area contributed by atoms with Gasteiger partial charge in [-0.1, -0.05) is 41.9 Å². The highest BCUT2D eigenvalue weighted by molar-refractivity contribution is 6.30. The highest BCUT2D eigenvalue weighted by atomic mass is 35.5. The molecular weight excluding hydrogens is 348 g/mol. The van der Waals surface area contributed by atoms with Crippen LogP contribution < -0.4 is 0 Å². The molecule has 0 heterocycles. The Morgan fingerprint density at radius 3 is 2.00 bits per heavy atom. The summed E-state index contributed by atoms with van der Waals surface area (Å²) >= 11 is 6.57. The van der Waals surface area contributed by atoms with E-state index in [4.69, 9.17) is 11.6 Å². The molecule has 0 aromatic heterocycles. The van der Waals surface area contributed by atoms with Crippen molar-refractivity contribution in [3.8, 4) is 11.1 Å². The standard InChI is InChI=1S/C26H23Cl/c27-21-5-6-22-23-12-17-3-1-2-4-18(17)13-24(23)26(25(22)14-21)19-8-15-7-16(10-19)11-20(26)9-15/h1-6,12-16,19-20H,7-11H2. The first-order valence-corrected chi connectivity index (χ1v) is 10.9. The lowest BCUT2D eigenvalue weighted by molar-refractivity contribution is -0.0398. The SMILES string of the molecule is Clc1ccc2c(c1)C1(c3cc4ccccc4cc3-2)C2CC3CC(C2)CC1C3. The van der Waals surface area contributed by atoms with E-state index < -0.39 is 0 Å². The molecule has 5 aliphatic rings. The summed E-state index contributed by atoms with van der Waals surface area (Å²) in [6, 6.07) is 20.6. The Balaban J connectivity index is 1.59. The molecule has 8 rings (SSSR count). The molecule has 0 radical (unpaired) electrons. The fourth-order valence-corrected chi connectivity index (χ4v) is 8.02. The highest BCUT2D eigenvalue weighted by Crippen LogP contribution is 2.69. The normalized spacial score (nSPS) is 35.0. The summed E-state index contributed by atoms with van der Waals surface area (Å²) in [5.41, 5.74) is 6.31. The lowest BCUT2D eigenvalue weighted by Crippen LogP contribution is -2.55. The molecule has 1 heteroatoms.